The van der Waals surface area contributed by atoms with Gasteiger partial charge in [-0.25, -0.2) is 9.59 Å². The number of primary amides is 1. The summed E-state index contributed by atoms with van der Waals surface area (Å²) in [5.74, 6) is -2.14. The molecule has 3 aromatic carbocycles. The number of alkyl carbamates (subject to hydrolysis) is 1. The maximum atomic E-state index is 15.0. The number of carbonyl (C=O) groups excluding carboxylic acids is 4. The highest BCUT2D eigenvalue weighted by atomic mass is 16.7. The molecule has 14 heteroatoms. The molecule has 0 aromatic heterocycles. The van der Waals surface area contributed by atoms with Crippen LogP contribution in [0, 0.1) is 5.21 Å². The van der Waals surface area contributed by atoms with E-state index in [0.717, 1.165) is 31.6 Å². The number of amides is 3. The molecule has 3 atom stereocenters. The van der Waals surface area contributed by atoms with Crippen molar-refractivity contribution in [3.05, 3.63) is 94.2 Å². The van der Waals surface area contributed by atoms with E-state index in [-0.39, 0.29) is 35.6 Å². The van der Waals surface area contributed by atoms with Crippen molar-refractivity contribution in [3.63, 3.8) is 0 Å². The van der Waals surface area contributed by atoms with Gasteiger partial charge in [0.25, 0.3) is 5.91 Å². The van der Waals surface area contributed by atoms with Crippen LogP contribution >= 0.6 is 0 Å². The molecule has 0 spiro atoms. The van der Waals surface area contributed by atoms with Gasteiger partial charge in [0.2, 0.25) is 5.91 Å². The van der Waals surface area contributed by atoms with Crippen LogP contribution in [0.25, 0.3) is 0 Å². The van der Waals surface area contributed by atoms with Gasteiger partial charge >= 0.3 is 12.1 Å². The topological polar surface area (TPSA) is 202 Å². The number of hydrogen-bond acceptors (Lipinski definition) is 9. The van der Waals surface area contributed by atoms with Crippen LogP contribution in [-0.4, -0.2) is 60.5 Å². The standard InChI is InChI=1S/C36H43N7O7/c1-22(39-35(47)49-36(2,3)4)34(46)50-41-31(37)26-15-14-25-18-30(33(45)40-27-8-7-9-28(20-27)42-16-5-6-17-42)43(48,29(25)19-26)21-23-10-12-24(13-11-23)32(38)44/h7-15,19-20,22,30H,5-6,16-18,21H2,1-4H3,(H2,37,41)(H2,38,44)(H,39,47)(H,40,45)/t22-,30?,43?/m0/s1. The van der Waals surface area contributed by atoms with Crippen LogP contribution in [0.5, 0.6) is 0 Å². The van der Waals surface area contributed by atoms with Gasteiger partial charge in [-0.05, 0) is 70.9 Å². The Morgan fingerprint density at radius 1 is 1.00 bits per heavy atom. The maximum absolute atomic E-state index is 15.0. The third-order valence-electron chi connectivity index (χ3n) is 8.57. The molecule has 2 heterocycles. The summed E-state index contributed by atoms with van der Waals surface area (Å²) in [5, 5.41) is 24.1. The first-order chi connectivity index (χ1) is 23.6. The van der Waals surface area contributed by atoms with Crippen molar-refractivity contribution in [2.24, 2.45) is 16.6 Å². The molecule has 2 aliphatic rings. The summed E-state index contributed by atoms with van der Waals surface area (Å²) < 4.78 is 4.10. The monoisotopic (exact) mass is 685 g/mol. The summed E-state index contributed by atoms with van der Waals surface area (Å²) in [6.07, 6.45) is 1.56. The number of oxime groups is 1. The number of benzene rings is 3. The summed E-state index contributed by atoms with van der Waals surface area (Å²) in [4.78, 5) is 57.4. The second kappa shape index (κ2) is 14.6. The predicted octanol–water partition coefficient (Wildman–Crippen LogP) is 4.03. The van der Waals surface area contributed by atoms with E-state index in [1.807, 2.05) is 18.2 Å². The second-order valence-corrected chi connectivity index (χ2v) is 13.6. The van der Waals surface area contributed by atoms with Crippen molar-refractivity contribution in [1.29, 1.82) is 0 Å². The van der Waals surface area contributed by atoms with Gasteiger partial charge in [0.1, 0.15) is 23.9 Å². The van der Waals surface area contributed by atoms with Gasteiger partial charge in [-0.3, -0.25) is 9.59 Å². The van der Waals surface area contributed by atoms with Crippen molar-refractivity contribution < 1.29 is 28.8 Å². The van der Waals surface area contributed by atoms with Crippen LogP contribution in [0.15, 0.2) is 71.9 Å². The van der Waals surface area contributed by atoms with E-state index in [0.29, 0.717) is 16.8 Å². The Kier molecular flexibility index (Phi) is 10.4. The zero-order valence-corrected chi connectivity index (χ0v) is 28.6. The lowest BCUT2D eigenvalue weighted by molar-refractivity contribution is -0.145. The van der Waals surface area contributed by atoms with E-state index >= 15 is 5.21 Å². The number of hydrogen-bond donors (Lipinski definition) is 4. The number of carbonyl (C=O) groups is 4. The molecule has 5 rings (SSSR count). The minimum absolute atomic E-state index is 0.138. The molecule has 3 amide bonds. The zero-order valence-electron chi connectivity index (χ0n) is 28.6. The van der Waals surface area contributed by atoms with Crippen molar-refractivity contribution in [3.8, 4) is 0 Å². The molecule has 0 saturated carbocycles. The third kappa shape index (κ3) is 8.39. The first-order valence-corrected chi connectivity index (χ1v) is 16.4. The Bertz CT molecular complexity index is 1800. The van der Waals surface area contributed by atoms with Gasteiger partial charge in [0.15, 0.2) is 11.9 Å². The van der Waals surface area contributed by atoms with Crippen LogP contribution in [0.2, 0.25) is 0 Å². The normalized spacial score (nSPS) is 19.3. The van der Waals surface area contributed by atoms with Crippen molar-refractivity contribution in [2.45, 2.75) is 71.2 Å². The minimum Gasteiger partial charge on any atom is -0.627 e. The SMILES string of the molecule is C[C@H](NC(=O)OC(C)(C)C)C(=O)O/N=C(/N)c1ccc2c(c1)[N+]([O-])(Cc1ccc(C(N)=O)cc1)C(C(=O)Nc1cccc(N3CCCC3)c1)C2. The molecule has 0 bridgehead atoms. The molecule has 1 fully saturated rings. The van der Waals surface area contributed by atoms with Gasteiger partial charge in [0.05, 0.1) is 0 Å². The summed E-state index contributed by atoms with van der Waals surface area (Å²) in [5.41, 5.74) is 14.5. The molecule has 6 N–H and O–H groups in total. The van der Waals surface area contributed by atoms with Crippen LogP contribution in [-0.2, 0) is 32.1 Å². The van der Waals surface area contributed by atoms with E-state index in [9.17, 15) is 19.2 Å². The highest BCUT2D eigenvalue weighted by Gasteiger charge is 2.45. The number of quaternary nitrogens is 1. The van der Waals surface area contributed by atoms with E-state index in [1.165, 1.54) is 25.1 Å². The Balaban J connectivity index is 1.39. The van der Waals surface area contributed by atoms with Crippen LogP contribution in [0.3, 0.4) is 0 Å². The Labute approximate surface area is 290 Å². The Morgan fingerprint density at radius 2 is 1.68 bits per heavy atom. The summed E-state index contributed by atoms with van der Waals surface area (Å²) in [6, 6.07) is 16.6. The first kappa shape index (κ1) is 35.8. The summed E-state index contributed by atoms with van der Waals surface area (Å²) >= 11 is 0. The Hall–Kier alpha value is -5.47. The lowest BCUT2D eigenvalue weighted by atomic mass is 10.1. The molecular formula is C36H43N7O7. The first-order valence-electron chi connectivity index (χ1n) is 16.4. The smallest absolute Gasteiger partial charge is 0.408 e. The fraction of sp³-hybridized carbons (Fsp3) is 0.361. The highest BCUT2D eigenvalue weighted by Crippen LogP contribution is 2.41. The molecule has 14 nitrogen and oxygen atoms in total. The largest absolute Gasteiger partial charge is 0.627 e. The lowest BCUT2D eigenvalue weighted by Gasteiger charge is -2.43. The molecule has 0 radical (unpaired) electrons. The van der Waals surface area contributed by atoms with Crippen LogP contribution in [0.4, 0.5) is 21.9 Å². The fourth-order valence-corrected chi connectivity index (χ4v) is 6.05. The second-order valence-electron chi connectivity index (χ2n) is 13.6. The van der Waals surface area contributed by atoms with Crippen LogP contribution < -0.4 is 31.6 Å². The number of hydroxylamine groups is 2. The van der Waals surface area contributed by atoms with Gasteiger partial charge in [0, 0.05) is 59.2 Å². The summed E-state index contributed by atoms with van der Waals surface area (Å²) in [6.45, 7) is 8.22. The van der Waals surface area contributed by atoms with E-state index in [4.69, 9.17) is 21.0 Å². The fourth-order valence-electron chi connectivity index (χ4n) is 6.05. The number of fused-ring (bicyclic) bond motifs is 1. The lowest BCUT2D eigenvalue weighted by Crippen LogP contribution is -2.54. The number of rotatable bonds is 10. The number of amidine groups is 1. The van der Waals surface area contributed by atoms with Crippen LogP contribution in [0.1, 0.15) is 67.6 Å². The molecule has 2 aliphatic heterocycles. The summed E-state index contributed by atoms with van der Waals surface area (Å²) in [7, 11) is 0. The number of nitrogens with zero attached hydrogens (tertiary/aromatic N) is 3. The number of nitrogens with one attached hydrogen (secondary N) is 2. The maximum Gasteiger partial charge on any atom is 0.408 e. The highest BCUT2D eigenvalue weighted by molar-refractivity contribution is 6.01. The molecule has 0 aliphatic carbocycles. The van der Waals surface area contributed by atoms with Gasteiger partial charge in [-0.1, -0.05) is 35.5 Å². The molecular weight excluding hydrogens is 642 g/mol. The molecule has 264 valence electrons. The number of ether oxygens (including phenoxy) is 1. The van der Waals surface area contributed by atoms with Crippen molar-refractivity contribution in [1.82, 2.24) is 9.96 Å². The zero-order chi connectivity index (χ0) is 36.2. The van der Waals surface area contributed by atoms with E-state index < -0.39 is 46.2 Å². The van der Waals surface area contributed by atoms with Crippen molar-refractivity contribution in [2.75, 3.05) is 23.3 Å². The Morgan fingerprint density at radius 3 is 2.34 bits per heavy atom. The quantitative estimate of drug-likeness (QED) is 0.0607. The predicted molar refractivity (Wildman–Crippen MR) is 190 cm³/mol. The van der Waals surface area contributed by atoms with Crippen molar-refractivity contribution >= 4 is 46.8 Å². The molecule has 3 aromatic rings. The number of anilines is 2. The van der Waals surface area contributed by atoms with E-state index in [1.54, 1.807) is 51.1 Å². The van der Waals surface area contributed by atoms with E-state index in [2.05, 4.69) is 20.7 Å². The molecule has 1 saturated heterocycles. The number of nitrogens with two attached hydrogens (primary N) is 2. The third-order valence-corrected chi connectivity index (χ3v) is 8.57. The average molecular weight is 686 g/mol. The van der Waals surface area contributed by atoms with Gasteiger partial charge < -0.3 is 46.4 Å². The van der Waals surface area contributed by atoms with Gasteiger partial charge in [-0.15, -0.1) is 0 Å². The minimum atomic E-state index is -1.09. The average Bonchev–Trinajstić information content (AvgIpc) is 3.70. The molecule has 2 unspecified atom stereocenters. The molecule has 50 heavy (non-hydrogen) atoms. The van der Waals surface area contributed by atoms with Gasteiger partial charge in [-0.2, -0.15) is 0 Å².